The van der Waals surface area contributed by atoms with E-state index in [1.807, 2.05) is 0 Å². The van der Waals surface area contributed by atoms with Gasteiger partial charge < -0.3 is 10.1 Å². The van der Waals surface area contributed by atoms with Gasteiger partial charge in [-0.25, -0.2) is 12.8 Å². The first-order valence-corrected chi connectivity index (χ1v) is 8.33. The molecule has 0 fully saturated rings. The summed E-state index contributed by atoms with van der Waals surface area (Å²) in [5.74, 6) is -0.753. The van der Waals surface area contributed by atoms with E-state index in [1.165, 1.54) is 26.2 Å². The monoisotopic (exact) mass is 337 g/mol. The van der Waals surface area contributed by atoms with E-state index in [0.29, 0.717) is 11.4 Å². The van der Waals surface area contributed by atoms with Crippen molar-refractivity contribution in [1.82, 2.24) is 0 Å². The summed E-state index contributed by atoms with van der Waals surface area (Å²) in [6, 6.07) is 11.1. The molecule has 2 rings (SSSR count). The quantitative estimate of drug-likeness (QED) is 0.910. The molecule has 0 radical (unpaired) electrons. The minimum atomic E-state index is -3.97. The molecule has 2 aromatic rings. The Labute approximate surface area is 134 Å². The average molecular weight is 337 g/mol. The summed E-state index contributed by atoms with van der Waals surface area (Å²) in [5, 5.41) is 1.16. The van der Waals surface area contributed by atoms with Crippen LogP contribution in [0.4, 0.5) is 10.1 Å². The number of sulfone groups is 1. The van der Waals surface area contributed by atoms with E-state index in [9.17, 15) is 17.6 Å². The molecule has 0 saturated carbocycles. The molecule has 1 amide bonds. The minimum absolute atomic E-state index is 0.227. The maximum Gasteiger partial charge on any atom is 0.242 e. The van der Waals surface area contributed by atoms with Gasteiger partial charge in [0.1, 0.15) is 16.8 Å². The molecular weight excluding hydrogens is 321 g/mol. The number of carbonyl (C=O) groups excluding carboxylic acids is 1. The molecule has 0 saturated heterocycles. The van der Waals surface area contributed by atoms with Crippen molar-refractivity contribution in [2.45, 2.75) is 17.1 Å². The average Bonchev–Trinajstić information content (AvgIpc) is 2.54. The van der Waals surface area contributed by atoms with Crippen LogP contribution in [-0.4, -0.2) is 26.7 Å². The molecule has 0 bridgehead atoms. The van der Waals surface area contributed by atoms with Crippen molar-refractivity contribution >= 4 is 21.4 Å². The van der Waals surface area contributed by atoms with Gasteiger partial charge in [0.15, 0.2) is 9.84 Å². The summed E-state index contributed by atoms with van der Waals surface area (Å²) < 4.78 is 42.9. The summed E-state index contributed by atoms with van der Waals surface area (Å²) in [5.41, 5.74) is 0.442. The molecule has 1 N–H and O–H groups in total. The van der Waals surface area contributed by atoms with Gasteiger partial charge in [0, 0.05) is 5.69 Å². The Kier molecular flexibility index (Phi) is 5.00. The fourth-order valence-electron chi connectivity index (χ4n) is 1.91. The van der Waals surface area contributed by atoms with E-state index in [4.69, 9.17) is 4.74 Å². The van der Waals surface area contributed by atoms with E-state index >= 15 is 0 Å². The number of nitrogens with one attached hydrogen (secondary N) is 1. The molecule has 0 heterocycles. The standard InChI is InChI=1S/C16H16FNO4S/c1-11(23(20,21)15-5-3-4-12(17)10-15)16(19)18-13-6-8-14(22-2)9-7-13/h3-11H,1-2H3,(H,18,19)/t11-/m0/s1. The normalized spacial score (nSPS) is 12.5. The first-order chi connectivity index (χ1) is 10.8. The summed E-state index contributed by atoms with van der Waals surface area (Å²) in [6.45, 7) is 1.26. The highest BCUT2D eigenvalue weighted by atomic mass is 32.2. The number of hydrogen-bond donors (Lipinski definition) is 1. The van der Waals surface area contributed by atoms with Crippen LogP contribution in [0, 0.1) is 5.82 Å². The second-order valence-corrected chi connectivity index (χ2v) is 7.13. The predicted molar refractivity (Wildman–Crippen MR) is 84.7 cm³/mol. The van der Waals surface area contributed by atoms with Gasteiger partial charge >= 0.3 is 0 Å². The minimum Gasteiger partial charge on any atom is -0.497 e. The lowest BCUT2D eigenvalue weighted by Crippen LogP contribution is -2.32. The second-order valence-electron chi connectivity index (χ2n) is 4.86. The Morgan fingerprint density at radius 1 is 1.17 bits per heavy atom. The molecule has 5 nitrogen and oxygen atoms in total. The zero-order valence-corrected chi connectivity index (χ0v) is 13.4. The molecule has 0 aromatic heterocycles. The van der Waals surface area contributed by atoms with Crippen LogP contribution in [0.2, 0.25) is 0 Å². The van der Waals surface area contributed by atoms with Crippen LogP contribution in [0.15, 0.2) is 53.4 Å². The van der Waals surface area contributed by atoms with Crippen LogP contribution >= 0.6 is 0 Å². The van der Waals surface area contributed by atoms with Crippen LogP contribution in [0.25, 0.3) is 0 Å². The summed E-state index contributed by atoms with van der Waals surface area (Å²) in [7, 11) is -2.46. The third-order valence-corrected chi connectivity index (χ3v) is 5.37. The van der Waals surface area contributed by atoms with Gasteiger partial charge in [0.05, 0.1) is 12.0 Å². The number of anilines is 1. The fraction of sp³-hybridized carbons (Fsp3) is 0.188. The zero-order valence-electron chi connectivity index (χ0n) is 12.6. The Hall–Kier alpha value is -2.41. The highest BCUT2D eigenvalue weighted by Gasteiger charge is 2.30. The van der Waals surface area contributed by atoms with Gasteiger partial charge in [-0.2, -0.15) is 0 Å². The molecule has 0 aliphatic heterocycles. The Morgan fingerprint density at radius 2 is 1.83 bits per heavy atom. The maximum absolute atomic E-state index is 13.2. The summed E-state index contributed by atoms with van der Waals surface area (Å²) in [6.07, 6.45) is 0. The van der Waals surface area contributed by atoms with Gasteiger partial charge in [0.2, 0.25) is 5.91 Å². The number of ether oxygens (including phenoxy) is 1. The van der Waals surface area contributed by atoms with Crippen molar-refractivity contribution in [3.63, 3.8) is 0 Å². The third-order valence-electron chi connectivity index (χ3n) is 3.32. The van der Waals surface area contributed by atoms with Crippen molar-refractivity contribution < 1.29 is 22.3 Å². The Morgan fingerprint density at radius 3 is 2.39 bits per heavy atom. The largest absolute Gasteiger partial charge is 0.497 e. The first kappa shape index (κ1) is 17.0. The van der Waals surface area contributed by atoms with E-state index in [-0.39, 0.29) is 4.90 Å². The van der Waals surface area contributed by atoms with Crippen LogP contribution in [0.3, 0.4) is 0 Å². The van der Waals surface area contributed by atoms with Crippen molar-refractivity contribution in [2.24, 2.45) is 0 Å². The second kappa shape index (κ2) is 6.78. The predicted octanol–water partition coefficient (Wildman–Crippen LogP) is 2.64. The lowest BCUT2D eigenvalue weighted by atomic mass is 10.3. The van der Waals surface area contributed by atoms with Crippen molar-refractivity contribution in [3.8, 4) is 5.75 Å². The molecule has 0 spiro atoms. The van der Waals surface area contributed by atoms with Gasteiger partial charge in [-0.05, 0) is 49.4 Å². The van der Waals surface area contributed by atoms with Crippen LogP contribution in [0.5, 0.6) is 5.75 Å². The maximum atomic E-state index is 13.2. The molecule has 7 heteroatoms. The van der Waals surface area contributed by atoms with Gasteiger partial charge in [0.25, 0.3) is 0 Å². The van der Waals surface area contributed by atoms with Crippen molar-refractivity contribution in [3.05, 3.63) is 54.3 Å². The first-order valence-electron chi connectivity index (χ1n) is 6.79. The number of methoxy groups -OCH3 is 1. The molecular formula is C16H16FNO4S. The van der Waals surface area contributed by atoms with Gasteiger partial charge in [-0.3, -0.25) is 4.79 Å². The number of amides is 1. The summed E-state index contributed by atoms with van der Waals surface area (Å²) in [4.78, 5) is 11.9. The van der Waals surface area contributed by atoms with E-state index in [1.54, 1.807) is 24.3 Å². The molecule has 23 heavy (non-hydrogen) atoms. The highest BCUT2D eigenvalue weighted by Crippen LogP contribution is 2.20. The lowest BCUT2D eigenvalue weighted by Gasteiger charge is -2.13. The van der Waals surface area contributed by atoms with Crippen LogP contribution in [0.1, 0.15) is 6.92 Å². The van der Waals surface area contributed by atoms with Gasteiger partial charge in [-0.1, -0.05) is 6.07 Å². The molecule has 0 aliphatic rings. The molecule has 0 aliphatic carbocycles. The van der Waals surface area contributed by atoms with E-state index in [2.05, 4.69) is 5.32 Å². The smallest absolute Gasteiger partial charge is 0.242 e. The molecule has 2 aromatic carbocycles. The Balaban J connectivity index is 2.17. The van der Waals surface area contributed by atoms with Crippen LogP contribution in [-0.2, 0) is 14.6 Å². The zero-order chi connectivity index (χ0) is 17.0. The molecule has 0 unspecified atom stereocenters. The van der Waals surface area contributed by atoms with Crippen molar-refractivity contribution in [1.29, 1.82) is 0 Å². The van der Waals surface area contributed by atoms with Crippen LogP contribution < -0.4 is 10.1 Å². The topological polar surface area (TPSA) is 72.5 Å². The lowest BCUT2D eigenvalue weighted by molar-refractivity contribution is -0.115. The molecule has 122 valence electrons. The number of benzene rings is 2. The van der Waals surface area contributed by atoms with Crippen molar-refractivity contribution in [2.75, 3.05) is 12.4 Å². The number of rotatable bonds is 5. The van der Waals surface area contributed by atoms with E-state index in [0.717, 1.165) is 12.1 Å². The Bertz CT molecular complexity index is 803. The third kappa shape index (κ3) is 3.87. The number of halogens is 1. The molecule has 1 atom stereocenters. The van der Waals surface area contributed by atoms with E-state index < -0.39 is 26.8 Å². The van der Waals surface area contributed by atoms with Gasteiger partial charge in [-0.15, -0.1) is 0 Å². The number of carbonyl (C=O) groups is 1. The summed E-state index contributed by atoms with van der Waals surface area (Å²) >= 11 is 0. The fourth-order valence-corrected chi connectivity index (χ4v) is 3.20. The number of hydrogen-bond acceptors (Lipinski definition) is 4. The highest BCUT2D eigenvalue weighted by molar-refractivity contribution is 7.92. The SMILES string of the molecule is COc1ccc(NC(=O)[C@H](C)S(=O)(=O)c2cccc(F)c2)cc1.